The summed E-state index contributed by atoms with van der Waals surface area (Å²) >= 11 is 0. The maximum atomic E-state index is 4.52. The smallest absolute Gasteiger partial charge is 0.128 e. The molecule has 7 rings (SSSR count). The van der Waals surface area contributed by atoms with E-state index in [9.17, 15) is 0 Å². The normalized spacial score (nSPS) is 20.9. The van der Waals surface area contributed by atoms with Gasteiger partial charge in [0, 0.05) is 18.0 Å². The fourth-order valence-corrected chi connectivity index (χ4v) is 6.11. The summed E-state index contributed by atoms with van der Waals surface area (Å²) in [7, 11) is 0. The molecule has 5 aromatic carbocycles. The monoisotopic (exact) mass is 581 g/mol. The van der Waals surface area contributed by atoms with Gasteiger partial charge in [0.25, 0.3) is 0 Å². The van der Waals surface area contributed by atoms with Crippen LogP contribution in [0.2, 0.25) is 0 Å². The van der Waals surface area contributed by atoms with Crippen molar-refractivity contribution in [1.29, 1.82) is 0 Å². The summed E-state index contributed by atoms with van der Waals surface area (Å²) < 4.78 is 0. The highest BCUT2D eigenvalue weighted by Crippen LogP contribution is 2.40. The SMILES string of the molecule is C=C1/C=C\C(c2ccccc2)=C/N(C2Nc3ccccc3NC2c2ccccc2)/C=C(/c2ccccc2)c2ccccc2C1=C. The number of fused-ring (bicyclic) bond motifs is 2. The lowest BCUT2D eigenvalue weighted by atomic mass is 9.89. The van der Waals surface area contributed by atoms with Crippen LogP contribution in [0.25, 0.3) is 16.7 Å². The predicted molar refractivity (Wildman–Crippen MR) is 190 cm³/mol. The highest BCUT2D eigenvalue weighted by Gasteiger charge is 2.32. The highest BCUT2D eigenvalue weighted by atomic mass is 15.3. The van der Waals surface area contributed by atoms with Gasteiger partial charge in [-0.2, -0.15) is 0 Å². The van der Waals surface area contributed by atoms with Crippen LogP contribution in [0.5, 0.6) is 0 Å². The lowest BCUT2D eigenvalue weighted by molar-refractivity contribution is 0.357. The second kappa shape index (κ2) is 12.4. The fourth-order valence-electron chi connectivity index (χ4n) is 6.11. The van der Waals surface area contributed by atoms with E-state index in [4.69, 9.17) is 0 Å². The van der Waals surface area contributed by atoms with Crippen LogP contribution in [-0.2, 0) is 0 Å². The van der Waals surface area contributed by atoms with Gasteiger partial charge < -0.3 is 15.5 Å². The van der Waals surface area contributed by atoms with E-state index >= 15 is 0 Å². The Morgan fingerprint density at radius 1 is 0.511 bits per heavy atom. The molecule has 2 aliphatic rings. The van der Waals surface area contributed by atoms with Crippen LogP contribution >= 0.6 is 0 Å². The average molecular weight is 582 g/mol. The van der Waals surface area contributed by atoms with E-state index in [1.165, 1.54) is 5.56 Å². The van der Waals surface area contributed by atoms with Crippen LogP contribution in [0.15, 0.2) is 183 Å². The van der Waals surface area contributed by atoms with Crippen molar-refractivity contribution in [2.24, 2.45) is 0 Å². The molecule has 45 heavy (non-hydrogen) atoms. The van der Waals surface area contributed by atoms with Crippen molar-refractivity contribution in [2.45, 2.75) is 12.2 Å². The number of benzene rings is 5. The van der Waals surface area contributed by atoms with E-state index in [-0.39, 0.29) is 12.2 Å². The van der Waals surface area contributed by atoms with Crippen LogP contribution < -0.4 is 10.6 Å². The fraction of sp³-hybridized carbons (Fsp3) is 0.0476. The molecule has 0 fully saturated rings. The molecule has 3 nitrogen and oxygen atoms in total. The van der Waals surface area contributed by atoms with Gasteiger partial charge in [-0.1, -0.05) is 153 Å². The molecule has 2 heterocycles. The summed E-state index contributed by atoms with van der Waals surface area (Å²) in [5, 5.41) is 7.79. The van der Waals surface area contributed by atoms with E-state index in [1.54, 1.807) is 0 Å². The Bertz CT molecular complexity index is 1930. The zero-order valence-corrected chi connectivity index (χ0v) is 25.1. The van der Waals surface area contributed by atoms with E-state index in [2.05, 4.69) is 193 Å². The highest BCUT2D eigenvalue weighted by molar-refractivity contribution is 5.92. The minimum atomic E-state index is -0.174. The molecule has 2 aliphatic heterocycles. The standard InChI is InChI=1S/C42H35N3/c1-30-26-27-35(32-16-6-3-7-17-32)28-45(29-38(33-18-8-4-9-19-33)37-23-13-12-22-36(37)31(30)2)42-41(34-20-10-5-11-21-34)43-39-24-14-15-25-40(39)44-42/h3-29,41-44H,1-2H2/b27-26-,35-28+,38-29-. The second-order valence-corrected chi connectivity index (χ2v) is 11.4. The van der Waals surface area contributed by atoms with Gasteiger partial charge in [-0.05, 0) is 56.7 Å². The molecule has 218 valence electrons. The Hall–Kier alpha value is -5.80. The Balaban J connectivity index is 1.51. The molecule has 0 spiro atoms. The van der Waals surface area contributed by atoms with Crippen LogP contribution in [0.1, 0.15) is 33.9 Å². The van der Waals surface area contributed by atoms with Gasteiger partial charge in [0.05, 0.1) is 17.4 Å². The Labute approximate surface area is 265 Å². The molecule has 0 saturated carbocycles. The minimum Gasteiger partial charge on any atom is -0.373 e. The summed E-state index contributed by atoms with van der Waals surface area (Å²) in [6.45, 7) is 8.96. The number of rotatable bonds is 4. The summed E-state index contributed by atoms with van der Waals surface area (Å²) in [6.07, 6.45) is 8.60. The molecule has 0 amide bonds. The van der Waals surface area contributed by atoms with E-state index in [1.807, 2.05) is 0 Å². The number of anilines is 2. The minimum absolute atomic E-state index is 0.0584. The predicted octanol–water partition coefficient (Wildman–Crippen LogP) is 10.2. The quantitative estimate of drug-likeness (QED) is 0.221. The maximum Gasteiger partial charge on any atom is 0.128 e. The van der Waals surface area contributed by atoms with Crippen molar-refractivity contribution in [3.63, 3.8) is 0 Å². The summed E-state index contributed by atoms with van der Waals surface area (Å²) in [5.41, 5.74) is 11.7. The third kappa shape index (κ3) is 5.76. The Morgan fingerprint density at radius 3 is 1.76 bits per heavy atom. The first-order valence-corrected chi connectivity index (χ1v) is 15.3. The number of nitrogens with one attached hydrogen (secondary N) is 2. The van der Waals surface area contributed by atoms with Gasteiger partial charge in [-0.25, -0.2) is 0 Å². The first-order valence-electron chi connectivity index (χ1n) is 15.3. The molecular weight excluding hydrogens is 546 g/mol. The van der Waals surface area contributed by atoms with Crippen LogP contribution in [0.3, 0.4) is 0 Å². The Kier molecular flexibility index (Phi) is 7.74. The van der Waals surface area contributed by atoms with Crippen molar-refractivity contribution in [3.05, 3.63) is 211 Å². The van der Waals surface area contributed by atoms with Crippen molar-refractivity contribution in [3.8, 4) is 0 Å². The third-order valence-corrected chi connectivity index (χ3v) is 8.49. The number of allylic oxidation sites excluding steroid dienone is 5. The van der Waals surface area contributed by atoms with Gasteiger partial charge in [0.1, 0.15) is 6.17 Å². The van der Waals surface area contributed by atoms with Gasteiger partial charge in [0.2, 0.25) is 0 Å². The Morgan fingerprint density at radius 2 is 1.07 bits per heavy atom. The largest absolute Gasteiger partial charge is 0.373 e. The summed E-state index contributed by atoms with van der Waals surface area (Å²) in [5.74, 6) is 0. The van der Waals surface area contributed by atoms with Gasteiger partial charge >= 0.3 is 0 Å². The first-order chi connectivity index (χ1) is 22.2. The number of hydrogen-bond donors (Lipinski definition) is 2. The number of hydrogen-bond acceptors (Lipinski definition) is 3. The molecule has 0 aliphatic carbocycles. The molecule has 0 aromatic heterocycles. The first kappa shape index (κ1) is 28.0. The molecule has 0 saturated heterocycles. The molecule has 2 N–H and O–H groups in total. The zero-order chi connectivity index (χ0) is 30.6. The molecule has 3 heteroatoms. The second-order valence-electron chi connectivity index (χ2n) is 11.4. The zero-order valence-electron chi connectivity index (χ0n) is 25.1. The summed E-state index contributed by atoms with van der Waals surface area (Å²) in [6, 6.07) is 48.6. The maximum absolute atomic E-state index is 4.52. The number of para-hydroxylation sites is 2. The molecular formula is C42H35N3. The van der Waals surface area contributed by atoms with Crippen molar-refractivity contribution < 1.29 is 0 Å². The average Bonchev–Trinajstić information content (AvgIpc) is 3.13. The van der Waals surface area contributed by atoms with Gasteiger partial charge in [0.15, 0.2) is 0 Å². The van der Waals surface area contributed by atoms with Gasteiger partial charge in [-0.15, -0.1) is 0 Å². The molecule has 0 radical (unpaired) electrons. The molecule has 2 atom stereocenters. The van der Waals surface area contributed by atoms with E-state index in [0.717, 1.165) is 55.9 Å². The topological polar surface area (TPSA) is 27.3 Å². The van der Waals surface area contributed by atoms with E-state index in [0.29, 0.717) is 0 Å². The van der Waals surface area contributed by atoms with Crippen LogP contribution in [-0.4, -0.2) is 11.1 Å². The van der Waals surface area contributed by atoms with Crippen molar-refractivity contribution in [2.75, 3.05) is 10.6 Å². The molecule has 5 aromatic rings. The van der Waals surface area contributed by atoms with Crippen molar-refractivity contribution >= 4 is 28.1 Å². The lowest BCUT2D eigenvalue weighted by Crippen LogP contribution is -2.45. The molecule has 0 bridgehead atoms. The third-order valence-electron chi connectivity index (χ3n) is 8.49. The van der Waals surface area contributed by atoms with Crippen molar-refractivity contribution in [1.82, 2.24) is 4.90 Å². The van der Waals surface area contributed by atoms with Crippen LogP contribution in [0, 0.1) is 0 Å². The van der Waals surface area contributed by atoms with E-state index < -0.39 is 0 Å². The number of nitrogens with zero attached hydrogens (tertiary/aromatic N) is 1. The van der Waals surface area contributed by atoms with Gasteiger partial charge in [-0.3, -0.25) is 0 Å². The van der Waals surface area contributed by atoms with Crippen LogP contribution in [0.4, 0.5) is 11.4 Å². The molecule has 2 unspecified atom stereocenters. The lowest BCUT2D eigenvalue weighted by Gasteiger charge is -2.41. The summed E-state index contributed by atoms with van der Waals surface area (Å²) in [4.78, 5) is 2.34.